The molecule has 0 saturated heterocycles. The van der Waals surface area contributed by atoms with Gasteiger partial charge in [0.05, 0.1) is 0 Å². The highest BCUT2D eigenvalue weighted by atomic mass is 19.4. The zero-order valence-corrected chi connectivity index (χ0v) is 33.8. The standard InChI is InChI=1S/C28H7F50/c1-2-3-5(31,32)7(34,35)10(40,41)13(46,47)16(52,53)19(58,59)20(60,61)17(54,55)14(48,49)11(42,43)8(36,37)6(33,4(29)30)9(38,39)12(44,45)15(50,51)18(56,57)21(62,63)22(64,65)23(66,67)24(68,69)25(70,71)26(72,73)27(74,75)28(76,77)78/h2-3H2,1H3. The molecule has 1 radical (unpaired) electrons. The van der Waals surface area contributed by atoms with Crippen LogP contribution in [0.3, 0.4) is 0 Å². The molecule has 0 aromatic heterocycles. The van der Waals surface area contributed by atoms with Crippen molar-refractivity contribution < 1.29 is 220 Å². The van der Waals surface area contributed by atoms with Crippen molar-refractivity contribution in [1.29, 1.82) is 0 Å². The molecule has 0 saturated carbocycles. The Bertz CT molecular complexity index is 2130. The molecule has 0 bridgehead atoms. The average Bonchev–Trinajstić information content (AvgIpc) is 3.20. The van der Waals surface area contributed by atoms with Gasteiger partial charge >= 0.3 is 149 Å². The third-order valence-electron chi connectivity index (χ3n) is 10.00. The summed E-state index contributed by atoms with van der Waals surface area (Å²) in [6.07, 6.45) is -20.9. The van der Waals surface area contributed by atoms with Crippen LogP contribution in [-0.4, -0.2) is 142 Å². The topological polar surface area (TPSA) is 0 Å². The van der Waals surface area contributed by atoms with Gasteiger partial charge in [-0.1, -0.05) is 13.3 Å². The van der Waals surface area contributed by atoms with Crippen LogP contribution in [0.25, 0.3) is 0 Å². The van der Waals surface area contributed by atoms with Crippen molar-refractivity contribution in [2.24, 2.45) is 0 Å². The fourth-order valence-corrected chi connectivity index (χ4v) is 5.10. The van der Waals surface area contributed by atoms with Crippen molar-refractivity contribution in [1.82, 2.24) is 0 Å². The minimum absolute atomic E-state index is 0.107. The molecular weight excluding hydrogens is 1290 g/mol. The largest absolute Gasteiger partial charge is 0.460 e. The molecule has 1 atom stereocenters. The van der Waals surface area contributed by atoms with Crippen LogP contribution in [0.1, 0.15) is 19.8 Å². The molecule has 469 valence electrons. The molecule has 0 fully saturated rings. The third-order valence-corrected chi connectivity index (χ3v) is 10.00. The van der Waals surface area contributed by atoms with E-state index in [1.165, 1.54) is 0 Å². The summed E-state index contributed by atoms with van der Waals surface area (Å²) in [7, 11) is 0. The fourth-order valence-electron chi connectivity index (χ4n) is 5.10. The molecule has 0 nitrogen and oxygen atoms in total. The minimum Gasteiger partial charge on any atom is -0.223 e. The minimum atomic E-state index is -11.0. The summed E-state index contributed by atoms with van der Waals surface area (Å²) in [5.41, 5.74) is -10.8. The number of hydrogen-bond donors (Lipinski definition) is 0. The lowest BCUT2D eigenvalue weighted by atomic mass is 9.76. The molecule has 0 N–H and O–H groups in total. The van der Waals surface area contributed by atoms with Crippen molar-refractivity contribution in [2.45, 2.75) is 162 Å². The summed E-state index contributed by atoms with van der Waals surface area (Å²) in [5.74, 6) is -225. The number of rotatable bonds is 25. The molecule has 0 aliphatic rings. The number of hydrogen-bond acceptors (Lipinski definition) is 0. The Morgan fingerprint density at radius 3 is 0.449 bits per heavy atom. The van der Waals surface area contributed by atoms with E-state index in [4.69, 9.17) is 0 Å². The van der Waals surface area contributed by atoms with Crippen molar-refractivity contribution in [3.63, 3.8) is 0 Å². The first-order valence-electron chi connectivity index (χ1n) is 17.0. The predicted octanol–water partition coefficient (Wildman–Crippen LogP) is 17.5. The summed E-state index contributed by atoms with van der Waals surface area (Å²) < 4.78 is 693. The van der Waals surface area contributed by atoms with E-state index < -0.39 is 161 Å². The van der Waals surface area contributed by atoms with Crippen molar-refractivity contribution in [2.75, 3.05) is 0 Å². The van der Waals surface area contributed by atoms with E-state index in [9.17, 15) is 220 Å². The zero-order valence-electron chi connectivity index (χ0n) is 33.8. The Morgan fingerprint density at radius 2 is 0.321 bits per heavy atom. The predicted molar refractivity (Wildman–Crippen MR) is 139 cm³/mol. The van der Waals surface area contributed by atoms with Crippen LogP contribution in [0.5, 0.6) is 0 Å². The second kappa shape index (κ2) is 18.2. The van der Waals surface area contributed by atoms with E-state index in [1.54, 1.807) is 0 Å². The Labute approximate surface area is 389 Å². The van der Waals surface area contributed by atoms with E-state index in [2.05, 4.69) is 0 Å². The SMILES string of the molecule is CCCC(F)(F)C(F)(F)C(F)(F)C(F)(F)C(F)(F)C(F)(F)C(F)(F)C(F)(F)C(F)(F)C(F)(F)C(F)(F)C(F)([C](F)F)C(F)(F)C(F)(F)C(F)(F)C(F)(F)C(F)(F)C(F)(F)C(F)(F)C(F)(F)C(F)(F)C(F)(F)C(F)(F)C(F)(F)F. The Hall–Kier alpha value is -3.50. The van der Waals surface area contributed by atoms with Gasteiger partial charge in [-0.25, -0.2) is 4.39 Å². The molecule has 0 aliphatic carbocycles. The van der Waals surface area contributed by atoms with Crippen molar-refractivity contribution >= 4 is 0 Å². The molecular formula is C28H7F50. The lowest BCUT2D eigenvalue weighted by Gasteiger charge is -2.49. The summed E-state index contributed by atoms with van der Waals surface area (Å²) in [5, 5.41) is 0. The average molecular weight is 1290 g/mol. The van der Waals surface area contributed by atoms with Gasteiger partial charge in [0.15, 0.2) is 0 Å². The molecule has 0 spiro atoms. The molecule has 0 aromatic carbocycles. The maximum absolute atomic E-state index is 14.8. The van der Waals surface area contributed by atoms with E-state index in [-0.39, 0.29) is 6.92 Å². The van der Waals surface area contributed by atoms with Gasteiger partial charge in [0.1, 0.15) is 0 Å². The summed E-state index contributed by atoms with van der Waals surface area (Å²) in [6, 6.07) is 0. The second-order valence-electron chi connectivity index (χ2n) is 14.9. The third kappa shape index (κ3) is 8.13. The van der Waals surface area contributed by atoms with Crippen LogP contribution in [0.4, 0.5) is 220 Å². The Balaban J connectivity index is 8.46. The van der Waals surface area contributed by atoms with Gasteiger partial charge in [-0.05, 0) is 0 Å². The first-order valence-corrected chi connectivity index (χ1v) is 17.0. The van der Waals surface area contributed by atoms with Crippen LogP contribution in [0.15, 0.2) is 0 Å². The van der Waals surface area contributed by atoms with Crippen LogP contribution in [-0.2, 0) is 0 Å². The van der Waals surface area contributed by atoms with E-state index in [1.807, 2.05) is 0 Å². The lowest BCUT2D eigenvalue weighted by molar-refractivity contribution is -0.491. The maximum atomic E-state index is 14.8. The van der Waals surface area contributed by atoms with Gasteiger partial charge in [0, 0.05) is 6.42 Å². The van der Waals surface area contributed by atoms with Gasteiger partial charge < -0.3 is 0 Å². The maximum Gasteiger partial charge on any atom is 0.460 e. The molecule has 0 aliphatic heterocycles. The highest BCUT2D eigenvalue weighted by molar-refractivity contribution is 5.29. The van der Waals surface area contributed by atoms with Crippen molar-refractivity contribution in [3.8, 4) is 0 Å². The smallest absolute Gasteiger partial charge is 0.223 e. The molecule has 0 heterocycles. The Kier molecular flexibility index (Phi) is 17.4. The summed E-state index contributed by atoms with van der Waals surface area (Å²) >= 11 is 0. The number of halogens is 50. The molecule has 0 rings (SSSR count). The highest BCUT2D eigenvalue weighted by Crippen LogP contribution is 2.73. The lowest BCUT2D eigenvalue weighted by Crippen LogP contribution is -2.82. The highest BCUT2D eigenvalue weighted by Gasteiger charge is 3.05. The molecule has 1 unspecified atom stereocenters. The van der Waals surface area contributed by atoms with Crippen LogP contribution >= 0.6 is 0 Å². The van der Waals surface area contributed by atoms with E-state index in [0.717, 1.165) is 0 Å². The van der Waals surface area contributed by atoms with Gasteiger partial charge in [0.25, 0.3) is 0 Å². The molecule has 78 heavy (non-hydrogen) atoms. The first kappa shape index (κ1) is 74.5. The molecule has 0 amide bonds. The van der Waals surface area contributed by atoms with Crippen molar-refractivity contribution in [3.05, 3.63) is 6.43 Å². The van der Waals surface area contributed by atoms with Crippen LogP contribution < -0.4 is 0 Å². The zero-order chi connectivity index (χ0) is 65.0. The van der Waals surface area contributed by atoms with Crippen LogP contribution in [0, 0.1) is 6.43 Å². The van der Waals surface area contributed by atoms with Gasteiger partial charge in [-0.3, -0.25) is 0 Å². The summed E-state index contributed by atoms with van der Waals surface area (Å²) in [4.78, 5) is 0. The van der Waals surface area contributed by atoms with Gasteiger partial charge in [-0.2, -0.15) is 215 Å². The summed E-state index contributed by atoms with van der Waals surface area (Å²) in [6.45, 7) is 0.107. The van der Waals surface area contributed by atoms with Gasteiger partial charge in [-0.15, -0.1) is 0 Å². The molecule has 50 heteroatoms. The van der Waals surface area contributed by atoms with Crippen LogP contribution in [0.2, 0.25) is 0 Å². The monoisotopic (exact) mass is 1290 g/mol. The van der Waals surface area contributed by atoms with E-state index >= 15 is 0 Å². The Morgan fingerprint density at radius 1 is 0.192 bits per heavy atom. The second-order valence-corrected chi connectivity index (χ2v) is 14.9. The quantitative estimate of drug-likeness (QED) is 0.0799. The van der Waals surface area contributed by atoms with Gasteiger partial charge in [0.2, 0.25) is 0 Å². The first-order chi connectivity index (χ1) is 32.8. The van der Waals surface area contributed by atoms with E-state index in [0.29, 0.717) is 0 Å². The number of alkyl halides is 48. The molecule has 0 aromatic rings. The fraction of sp³-hybridized carbons (Fsp3) is 0.964. The normalized spacial score (nSPS) is 18.0.